The molecule has 0 fully saturated rings. The lowest BCUT2D eigenvalue weighted by atomic mass is 10.0. The molecule has 0 aliphatic heterocycles. The van der Waals surface area contributed by atoms with Gasteiger partial charge >= 0.3 is 0 Å². The van der Waals surface area contributed by atoms with Crippen LogP contribution in [0.2, 0.25) is 5.02 Å². The minimum atomic E-state index is 0.432. The van der Waals surface area contributed by atoms with Crippen LogP contribution in [-0.4, -0.2) is 25.8 Å². The van der Waals surface area contributed by atoms with Gasteiger partial charge in [0.2, 0.25) is 0 Å². The van der Waals surface area contributed by atoms with E-state index >= 15 is 0 Å². The van der Waals surface area contributed by atoms with E-state index < -0.39 is 0 Å². The molecular weight excluding hydrogens is 246 g/mol. The first-order valence-corrected chi connectivity index (χ1v) is 7.11. The zero-order valence-electron chi connectivity index (χ0n) is 11.6. The molecule has 0 aliphatic carbocycles. The Morgan fingerprint density at radius 2 is 2.11 bits per heavy atom. The van der Waals surface area contributed by atoms with Gasteiger partial charge in [-0.15, -0.1) is 0 Å². The molecule has 0 saturated heterocycles. The number of aryl methyl sites for hydroxylation is 1. The lowest BCUT2D eigenvalue weighted by molar-refractivity contribution is 0.136. The van der Waals surface area contributed by atoms with Crippen molar-refractivity contribution < 1.29 is 4.74 Å². The van der Waals surface area contributed by atoms with Crippen molar-refractivity contribution in [2.75, 3.05) is 19.8 Å². The van der Waals surface area contributed by atoms with Gasteiger partial charge in [0.25, 0.3) is 0 Å². The van der Waals surface area contributed by atoms with Crippen LogP contribution in [-0.2, 0) is 11.2 Å². The van der Waals surface area contributed by atoms with E-state index in [-0.39, 0.29) is 0 Å². The fraction of sp³-hybridized carbons (Fsp3) is 0.600. The highest BCUT2D eigenvalue weighted by Gasteiger charge is 2.10. The zero-order valence-corrected chi connectivity index (χ0v) is 12.4. The van der Waals surface area contributed by atoms with Crippen molar-refractivity contribution in [3.05, 3.63) is 34.3 Å². The van der Waals surface area contributed by atoms with Crippen molar-refractivity contribution in [2.24, 2.45) is 0 Å². The van der Waals surface area contributed by atoms with Crippen LogP contribution in [0, 0.1) is 6.92 Å². The molecule has 1 aromatic rings. The first-order valence-electron chi connectivity index (χ1n) is 6.73. The molecule has 0 heterocycles. The van der Waals surface area contributed by atoms with Crippen LogP contribution in [0.3, 0.4) is 0 Å². The second kappa shape index (κ2) is 8.52. The Kier molecular flexibility index (Phi) is 7.33. The Labute approximate surface area is 116 Å². The zero-order chi connectivity index (χ0) is 13.4. The Hall–Kier alpha value is -0.570. The summed E-state index contributed by atoms with van der Waals surface area (Å²) < 4.78 is 5.42. The molecule has 1 aromatic carbocycles. The van der Waals surface area contributed by atoms with Gasteiger partial charge < -0.3 is 10.1 Å². The predicted octanol–water partition coefficient (Wildman–Crippen LogP) is 3.60. The smallest absolute Gasteiger partial charge is 0.0480 e. The van der Waals surface area contributed by atoms with Crippen molar-refractivity contribution in [3.63, 3.8) is 0 Å². The first kappa shape index (κ1) is 15.5. The van der Waals surface area contributed by atoms with Crippen LogP contribution < -0.4 is 5.32 Å². The summed E-state index contributed by atoms with van der Waals surface area (Å²) in [7, 11) is 0. The summed E-state index contributed by atoms with van der Waals surface area (Å²) in [4.78, 5) is 0. The number of nitrogens with one attached hydrogen (secondary N) is 1. The van der Waals surface area contributed by atoms with Crippen molar-refractivity contribution in [3.8, 4) is 0 Å². The molecule has 2 nitrogen and oxygen atoms in total. The molecule has 0 bridgehead atoms. The van der Waals surface area contributed by atoms with E-state index in [0.717, 1.165) is 37.6 Å². The maximum atomic E-state index is 6.28. The van der Waals surface area contributed by atoms with Crippen molar-refractivity contribution in [2.45, 2.75) is 39.7 Å². The van der Waals surface area contributed by atoms with E-state index in [1.807, 2.05) is 13.0 Å². The monoisotopic (exact) mass is 269 g/mol. The summed E-state index contributed by atoms with van der Waals surface area (Å²) in [5.41, 5.74) is 2.42. The highest BCUT2D eigenvalue weighted by Crippen LogP contribution is 2.19. The molecule has 1 rings (SSSR count). The highest BCUT2D eigenvalue weighted by atomic mass is 35.5. The molecule has 0 amide bonds. The number of hydrogen-bond donors (Lipinski definition) is 1. The predicted molar refractivity (Wildman–Crippen MR) is 78.5 cm³/mol. The first-order chi connectivity index (χ1) is 8.67. The fourth-order valence-electron chi connectivity index (χ4n) is 2.02. The standard InChI is InChI=1S/C15H24ClNO/c1-4-17-14(8-9-18-5-2)11-13-7-6-12(3)10-15(13)16/h6-7,10,14,17H,4-5,8-9,11H2,1-3H3. The van der Waals surface area contributed by atoms with Crippen LogP contribution in [0.15, 0.2) is 18.2 Å². The van der Waals surface area contributed by atoms with Gasteiger partial charge in [0.15, 0.2) is 0 Å². The molecule has 0 spiro atoms. The summed E-state index contributed by atoms with van der Waals surface area (Å²) in [5.74, 6) is 0. The van der Waals surface area contributed by atoms with Gasteiger partial charge in [-0.2, -0.15) is 0 Å². The molecule has 18 heavy (non-hydrogen) atoms. The molecule has 0 aromatic heterocycles. The third kappa shape index (κ3) is 5.38. The van der Waals surface area contributed by atoms with Crippen LogP contribution in [0.5, 0.6) is 0 Å². The maximum absolute atomic E-state index is 6.28. The summed E-state index contributed by atoms with van der Waals surface area (Å²) in [6.07, 6.45) is 1.98. The van der Waals surface area contributed by atoms with Crippen molar-refractivity contribution >= 4 is 11.6 Å². The van der Waals surface area contributed by atoms with E-state index in [0.29, 0.717) is 6.04 Å². The van der Waals surface area contributed by atoms with E-state index in [2.05, 4.69) is 31.3 Å². The number of rotatable bonds is 8. The third-order valence-corrected chi connectivity index (χ3v) is 3.33. The van der Waals surface area contributed by atoms with Gasteiger partial charge in [0, 0.05) is 24.3 Å². The summed E-state index contributed by atoms with van der Waals surface area (Å²) in [6, 6.07) is 6.71. The summed E-state index contributed by atoms with van der Waals surface area (Å²) in [5, 5.41) is 4.36. The minimum Gasteiger partial charge on any atom is -0.382 e. The Morgan fingerprint density at radius 1 is 1.33 bits per heavy atom. The lowest BCUT2D eigenvalue weighted by Gasteiger charge is -2.18. The molecule has 1 unspecified atom stereocenters. The normalized spacial score (nSPS) is 12.7. The van der Waals surface area contributed by atoms with Gasteiger partial charge in [0.1, 0.15) is 0 Å². The van der Waals surface area contributed by atoms with Gasteiger partial charge in [-0.05, 0) is 50.4 Å². The second-order valence-electron chi connectivity index (χ2n) is 4.54. The number of halogens is 1. The average molecular weight is 270 g/mol. The molecule has 0 radical (unpaired) electrons. The molecule has 1 atom stereocenters. The quantitative estimate of drug-likeness (QED) is 0.728. The average Bonchev–Trinajstić information content (AvgIpc) is 2.33. The fourth-order valence-corrected chi connectivity index (χ4v) is 2.33. The van der Waals surface area contributed by atoms with E-state index in [1.54, 1.807) is 0 Å². The van der Waals surface area contributed by atoms with Gasteiger partial charge in [-0.1, -0.05) is 30.7 Å². The van der Waals surface area contributed by atoms with Crippen LogP contribution >= 0.6 is 11.6 Å². The SMILES string of the molecule is CCNC(CCOCC)Cc1ccc(C)cc1Cl. The number of benzene rings is 1. The molecular formula is C15H24ClNO. The van der Waals surface area contributed by atoms with Gasteiger partial charge in [-0.25, -0.2) is 0 Å². The topological polar surface area (TPSA) is 21.3 Å². The third-order valence-electron chi connectivity index (χ3n) is 2.98. The summed E-state index contributed by atoms with van der Waals surface area (Å²) >= 11 is 6.28. The van der Waals surface area contributed by atoms with Gasteiger partial charge in [0.05, 0.1) is 0 Å². The minimum absolute atomic E-state index is 0.432. The number of ether oxygens (including phenoxy) is 1. The number of likely N-dealkylation sites (N-methyl/N-ethyl adjacent to an activating group) is 1. The van der Waals surface area contributed by atoms with Crippen LogP contribution in [0.4, 0.5) is 0 Å². The van der Waals surface area contributed by atoms with E-state index in [9.17, 15) is 0 Å². The van der Waals surface area contributed by atoms with Crippen molar-refractivity contribution in [1.29, 1.82) is 0 Å². The lowest BCUT2D eigenvalue weighted by Crippen LogP contribution is -2.32. The van der Waals surface area contributed by atoms with E-state index in [1.165, 1.54) is 11.1 Å². The molecule has 102 valence electrons. The second-order valence-corrected chi connectivity index (χ2v) is 4.95. The van der Waals surface area contributed by atoms with Gasteiger partial charge in [-0.3, -0.25) is 0 Å². The van der Waals surface area contributed by atoms with Crippen molar-refractivity contribution in [1.82, 2.24) is 5.32 Å². The van der Waals surface area contributed by atoms with Crippen LogP contribution in [0.25, 0.3) is 0 Å². The molecule has 3 heteroatoms. The highest BCUT2D eigenvalue weighted by molar-refractivity contribution is 6.31. The summed E-state index contributed by atoms with van der Waals surface area (Å²) in [6.45, 7) is 8.78. The molecule has 1 N–H and O–H groups in total. The Morgan fingerprint density at radius 3 is 2.72 bits per heavy atom. The largest absolute Gasteiger partial charge is 0.382 e. The molecule has 0 saturated carbocycles. The van der Waals surface area contributed by atoms with E-state index in [4.69, 9.17) is 16.3 Å². The Bertz CT molecular complexity index is 354. The maximum Gasteiger partial charge on any atom is 0.0480 e. The molecule has 0 aliphatic rings. The Balaban J connectivity index is 2.58. The number of hydrogen-bond acceptors (Lipinski definition) is 2. The van der Waals surface area contributed by atoms with Crippen LogP contribution in [0.1, 0.15) is 31.4 Å².